The number of nitro groups is 1. The van der Waals surface area contributed by atoms with Gasteiger partial charge in [-0.2, -0.15) is 4.31 Å². The Morgan fingerprint density at radius 2 is 1.88 bits per heavy atom. The molecule has 142 valence electrons. The second kappa shape index (κ2) is 7.98. The van der Waals surface area contributed by atoms with Gasteiger partial charge in [0, 0.05) is 32.2 Å². The second-order valence-corrected chi connectivity index (χ2v) is 7.93. The highest BCUT2D eigenvalue weighted by Gasteiger charge is 2.26. The predicted molar refractivity (Wildman–Crippen MR) is 91.4 cm³/mol. The lowest BCUT2D eigenvalue weighted by Gasteiger charge is -2.33. The van der Waals surface area contributed by atoms with Crippen LogP contribution in [-0.4, -0.2) is 73.5 Å². The van der Waals surface area contributed by atoms with Crippen molar-refractivity contribution in [2.24, 2.45) is 0 Å². The van der Waals surface area contributed by atoms with Crippen molar-refractivity contribution >= 4 is 39.2 Å². The number of benzene rings is 1. The van der Waals surface area contributed by atoms with Gasteiger partial charge in [-0.25, -0.2) is 13.2 Å². The molecule has 1 saturated heterocycles. The molecule has 0 unspecified atom stereocenters. The highest BCUT2D eigenvalue weighted by molar-refractivity contribution is 7.88. The molecule has 0 N–H and O–H groups in total. The molecule has 1 amide bonds. The Labute approximate surface area is 154 Å². The monoisotopic (exact) mass is 405 g/mol. The van der Waals surface area contributed by atoms with Gasteiger partial charge in [-0.15, -0.1) is 0 Å². The molecule has 0 aromatic heterocycles. The highest BCUT2D eigenvalue weighted by atomic mass is 35.5. The second-order valence-electron chi connectivity index (χ2n) is 5.54. The number of hydrogen-bond donors (Lipinski definition) is 0. The summed E-state index contributed by atoms with van der Waals surface area (Å²) in [5.41, 5.74) is -0.542. The van der Waals surface area contributed by atoms with Gasteiger partial charge in [-0.1, -0.05) is 11.6 Å². The number of nitro benzene ring substituents is 1. The van der Waals surface area contributed by atoms with Crippen LogP contribution in [0.1, 0.15) is 10.4 Å². The van der Waals surface area contributed by atoms with Crippen molar-refractivity contribution in [3.05, 3.63) is 38.9 Å². The van der Waals surface area contributed by atoms with E-state index in [9.17, 15) is 28.1 Å². The van der Waals surface area contributed by atoms with E-state index >= 15 is 0 Å². The third-order valence-electron chi connectivity index (χ3n) is 3.77. The summed E-state index contributed by atoms with van der Waals surface area (Å²) < 4.78 is 29.0. The molecule has 1 aromatic carbocycles. The minimum absolute atomic E-state index is 0.101. The fourth-order valence-electron chi connectivity index (χ4n) is 2.35. The Kier molecular flexibility index (Phi) is 6.16. The summed E-state index contributed by atoms with van der Waals surface area (Å²) in [6.07, 6.45) is 1.09. The van der Waals surface area contributed by atoms with Gasteiger partial charge in [0.15, 0.2) is 6.61 Å². The quantitative estimate of drug-likeness (QED) is 0.396. The summed E-state index contributed by atoms with van der Waals surface area (Å²) in [6, 6.07) is 3.43. The minimum atomic E-state index is -3.31. The number of esters is 1. The number of ether oxygens (including phenoxy) is 1. The van der Waals surface area contributed by atoms with Crippen LogP contribution in [-0.2, 0) is 19.6 Å². The number of rotatable bonds is 5. The standard InChI is InChI=1S/C14H16ClN3O7S/c1-26(23,24)17-6-4-16(5-7-17)13(19)9-25-14(20)10-2-3-11(15)12(8-10)18(21)22/h2-3,8H,4-7,9H2,1H3. The van der Waals surface area contributed by atoms with Crippen LogP contribution in [0.2, 0.25) is 5.02 Å². The number of carbonyl (C=O) groups is 2. The largest absolute Gasteiger partial charge is 0.452 e. The van der Waals surface area contributed by atoms with Crippen LogP contribution in [0.4, 0.5) is 5.69 Å². The van der Waals surface area contributed by atoms with Crippen molar-refractivity contribution in [2.45, 2.75) is 0 Å². The van der Waals surface area contributed by atoms with Crippen LogP contribution in [0, 0.1) is 10.1 Å². The summed E-state index contributed by atoms with van der Waals surface area (Å²) in [5, 5.41) is 10.7. The number of amides is 1. The van der Waals surface area contributed by atoms with Crippen LogP contribution in [0.5, 0.6) is 0 Å². The maximum Gasteiger partial charge on any atom is 0.338 e. The van der Waals surface area contributed by atoms with Crippen molar-refractivity contribution in [3.63, 3.8) is 0 Å². The zero-order valence-electron chi connectivity index (χ0n) is 13.8. The molecule has 0 radical (unpaired) electrons. The van der Waals surface area contributed by atoms with E-state index in [2.05, 4.69) is 0 Å². The van der Waals surface area contributed by atoms with E-state index in [1.807, 2.05) is 0 Å². The van der Waals surface area contributed by atoms with Gasteiger partial charge in [0.1, 0.15) is 5.02 Å². The van der Waals surface area contributed by atoms with Crippen LogP contribution < -0.4 is 0 Å². The Morgan fingerprint density at radius 3 is 2.42 bits per heavy atom. The Bertz CT molecular complexity index is 835. The first-order valence-corrected chi connectivity index (χ1v) is 9.66. The van der Waals surface area contributed by atoms with Gasteiger partial charge < -0.3 is 9.64 Å². The van der Waals surface area contributed by atoms with E-state index in [1.54, 1.807) is 0 Å². The van der Waals surface area contributed by atoms with Crippen LogP contribution in [0.3, 0.4) is 0 Å². The van der Waals surface area contributed by atoms with Gasteiger partial charge in [-0.05, 0) is 12.1 Å². The van der Waals surface area contributed by atoms with E-state index in [4.69, 9.17) is 16.3 Å². The maximum atomic E-state index is 12.1. The molecule has 1 fully saturated rings. The van der Waals surface area contributed by atoms with Crippen molar-refractivity contribution in [1.82, 2.24) is 9.21 Å². The SMILES string of the molecule is CS(=O)(=O)N1CCN(C(=O)COC(=O)c2ccc(Cl)c([N+](=O)[O-])c2)CC1. The molecule has 1 aliphatic rings. The predicted octanol–water partition coefficient (Wildman–Crippen LogP) is 0.509. The maximum absolute atomic E-state index is 12.1. The Morgan fingerprint density at radius 1 is 1.27 bits per heavy atom. The van der Waals surface area contributed by atoms with Gasteiger partial charge in [-0.3, -0.25) is 14.9 Å². The van der Waals surface area contributed by atoms with Crippen LogP contribution in [0.15, 0.2) is 18.2 Å². The number of halogens is 1. The molecule has 0 saturated carbocycles. The van der Waals surface area contributed by atoms with Crippen LogP contribution in [0.25, 0.3) is 0 Å². The van der Waals surface area contributed by atoms with E-state index in [0.29, 0.717) is 0 Å². The zero-order valence-corrected chi connectivity index (χ0v) is 15.3. The van der Waals surface area contributed by atoms with Crippen molar-refractivity contribution in [2.75, 3.05) is 39.0 Å². The van der Waals surface area contributed by atoms with Crippen molar-refractivity contribution in [1.29, 1.82) is 0 Å². The number of piperazine rings is 1. The lowest BCUT2D eigenvalue weighted by Crippen LogP contribution is -2.51. The van der Waals surface area contributed by atoms with Gasteiger partial charge in [0.2, 0.25) is 10.0 Å². The number of nitrogens with zero attached hydrogens (tertiary/aromatic N) is 3. The van der Waals surface area contributed by atoms with Gasteiger partial charge in [0.05, 0.1) is 16.7 Å². The third kappa shape index (κ3) is 4.90. The first-order chi connectivity index (χ1) is 12.1. The molecule has 0 aliphatic carbocycles. The fraction of sp³-hybridized carbons (Fsp3) is 0.429. The molecule has 1 aromatic rings. The first kappa shape index (κ1) is 20.1. The summed E-state index contributed by atoms with van der Waals surface area (Å²) in [6.45, 7) is 0.170. The smallest absolute Gasteiger partial charge is 0.338 e. The lowest BCUT2D eigenvalue weighted by atomic mass is 10.2. The summed E-state index contributed by atoms with van der Waals surface area (Å²) in [4.78, 5) is 35.5. The normalized spacial score (nSPS) is 15.5. The molecule has 26 heavy (non-hydrogen) atoms. The van der Waals surface area contributed by atoms with Gasteiger partial charge >= 0.3 is 5.97 Å². The summed E-state index contributed by atoms with van der Waals surface area (Å²) >= 11 is 5.67. The Hall–Kier alpha value is -2.24. The lowest BCUT2D eigenvalue weighted by molar-refractivity contribution is -0.384. The van der Waals surface area contributed by atoms with Crippen molar-refractivity contribution < 1.29 is 27.7 Å². The highest BCUT2D eigenvalue weighted by Crippen LogP contribution is 2.25. The summed E-state index contributed by atoms with van der Waals surface area (Å²) in [7, 11) is -3.31. The molecule has 1 heterocycles. The molecule has 1 aliphatic heterocycles. The third-order valence-corrected chi connectivity index (χ3v) is 5.39. The average molecular weight is 406 g/mol. The molecule has 12 heteroatoms. The molecule has 10 nitrogen and oxygen atoms in total. The van der Waals surface area contributed by atoms with Crippen molar-refractivity contribution in [3.8, 4) is 0 Å². The molecule has 2 rings (SSSR count). The molecule has 0 atom stereocenters. The van der Waals surface area contributed by atoms with E-state index in [1.165, 1.54) is 21.3 Å². The van der Waals surface area contributed by atoms with E-state index in [-0.39, 0.29) is 36.8 Å². The summed E-state index contributed by atoms with van der Waals surface area (Å²) in [5.74, 6) is -1.37. The molecular weight excluding hydrogens is 390 g/mol. The number of sulfonamides is 1. The topological polar surface area (TPSA) is 127 Å². The van der Waals surface area contributed by atoms with Crippen LogP contribution >= 0.6 is 11.6 Å². The molecule has 0 bridgehead atoms. The number of hydrogen-bond acceptors (Lipinski definition) is 7. The van der Waals surface area contributed by atoms with E-state index in [0.717, 1.165) is 12.3 Å². The number of carbonyl (C=O) groups excluding carboxylic acids is 2. The fourth-order valence-corrected chi connectivity index (χ4v) is 3.36. The zero-order chi connectivity index (χ0) is 19.5. The molecular formula is C14H16ClN3O7S. The first-order valence-electron chi connectivity index (χ1n) is 7.43. The van der Waals surface area contributed by atoms with E-state index < -0.39 is 39.1 Å². The Balaban J connectivity index is 1.91. The average Bonchev–Trinajstić information content (AvgIpc) is 2.58. The van der Waals surface area contributed by atoms with Gasteiger partial charge in [0.25, 0.3) is 11.6 Å². The molecule has 0 spiro atoms. The minimum Gasteiger partial charge on any atom is -0.452 e.